The van der Waals surface area contributed by atoms with Gasteiger partial charge in [0.2, 0.25) is 0 Å². The summed E-state index contributed by atoms with van der Waals surface area (Å²) in [5.41, 5.74) is 0.0471. The van der Waals surface area contributed by atoms with E-state index in [1.54, 1.807) is 6.07 Å². The Hall–Kier alpha value is -1.89. The van der Waals surface area contributed by atoms with Crippen molar-refractivity contribution >= 4 is 5.91 Å². The molecule has 0 bridgehead atoms. The number of rotatable bonds is 5. The molecule has 1 aromatic carbocycles. The first kappa shape index (κ1) is 16.5. The van der Waals surface area contributed by atoms with E-state index in [2.05, 4.69) is 15.4 Å². The second-order valence-corrected chi connectivity index (χ2v) is 5.27. The maximum Gasteiger partial charge on any atom is 0.387 e. The van der Waals surface area contributed by atoms with Gasteiger partial charge in [-0.25, -0.2) is 0 Å². The number of ether oxygens (including phenoxy) is 2. The molecule has 0 radical (unpaired) electrons. The Kier molecular flexibility index (Phi) is 5.54. The fourth-order valence-corrected chi connectivity index (χ4v) is 2.59. The van der Waals surface area contributed by atoms with E-state index in [0.29, 0.717) is 6.04 Å². The molecule has 0 aliphatic carbocycles. The molecule has 1 aromatic rings. The molecule has 22 heavy (non-hydrogen) atoms. The zero-order chi connectivity index (χ0) is 16.1. The number of alkyl halides is 2. The normalized spacial score (nSPS) is 21.5. The Morgan fingerprint density at radius 1 is 1.45 bits per heavy atom. The van der Waals surface area contributed by atoms with E-state index in [9.17, 15) is 13.6 Å². The summed E-state index contributed by atoms with van der Waals surface area (Å²) >= 11 is 0. The molecule has 1 heterocycles. The topological polar surface area (TPSA) is 59.6 Å². The number of piperidine rings is 1. The lowest BCUT2D eigenvalue weighted by Crippen LogP contribution is -2.46. The molecule has 7 heteroatoms. The maximum absolute atomic E-state index is 12.6. The van der Waals surface area contributed by atoms with E-state index in [1.807, 2.05) is 6.92 Å². The zero-order valence-corrected chi connectivity index (χ0v) is 12.6. The van der Waals surface area contributed by atoms with Crippen molar-refractivity contribution in [2.75, 3.05) is 13.7 Å². The fraction of sp³-hybridized carbons (Fsp3) is 0.533. The van der Waals surface area contributed by atoms with E-state index in [1.165, 1.54) is 19.2 Å². The van der Waals surface area contributed by atoms with Crippen LogP contribution in [0.3, 0.4) is 0 Å². The minimum Gasteiger partial charge on any atom is -0.493 e. The summed E-state index contributed by atoms with van der Waals surface area (Å²) in [5.74, 6) is -0.570. The Morgan fingerprint density at radius 3 is 2.86 bits per heavy atom. The van der Waals surface area contributed by atoms with E-state index in [4.69, 9.17) is 4.74 Å². The molecular weight excluding hydrogens is 294 g/mol. The van der Waals surface area contributed by atoms with Gasteiger partial charge >= 0.3 is 6.61 Å². The number of nitrogens with one attached hydrogen (secondary N) is 2. The van der Waals surface area contributed by atoms with Gasteiger partial charge in [0, 0.05) is 12.1 Å². The largest absolute Gasteiger partial charge is 0.493 e. The molecule has 1 saturated heterocycles. The lowest BCUT2D eigenvalue weighted by molar-refractivity contribution is -0.0515. The summed E-state index contributed by atoms with van der Waals surface area (Å²) in [7, 11) is 1.34. The van der Waals surface area contributed by atoms with Crippen molar-refractivity contribution in [2.24, 2.45) is 0 Å². The number of benzene rings is 1. The van der Waals surface area contributed by atoms with Gasteiger partial charge < -0.3 is 20.1 Å². The molecule has 2 unspecified atom stereocenters. The first-order chi connectivity index (χ1) is 10.5. The highest BCUT2D eigenvalue weighted by atomic mass is 19.3. The number of hydrogen-bond acceptors (Lipinski definition) is 4. The van der Waals surface area contributed by atoms with E-state index >= 15 is 0 Å². The molecule has 0 spiro atoms. The van der Waals surface area contributed by atoms with Crippen LogP contribution in [-0.4, -0.2) is 38.3 Å². The third-order valence-corrected chi connectivity index (χ3v) is 3.61. The molecule has 122 valence electrons. The number of halogens is 2. The number of carbonyl (C=O) groups is 1. The van der Waals surface area contributed by atoms with Crippen LogP contribution in [-0.2, 0) is 0 Å². The number of para-hydroxylation sites is 1. The van der Waals surface area contributed by atoms with E-state index in [0.717, 1.165) is 19.4 Å². The Bertz CT molecular complexity index is 526. The van der Waals surface area contributed by atoms with Crippen LogP contribution in [0.25, 0.3) is 0 Å². The molecule has 5 nitrogen and oxygen atoms in total. The molecule has 2 atom stereocenters. The summed E-state index contributed by atoms with van der Waals surface area (Å²) in [4.78, 5) is 12.4. The van der Waals surface area contributed by atoms with Gasteiger partial charge in [-0.2, -0.15) is 8.78 Å². The summed E-state index contributed by atoms with van der Waals surface area (Å²) in [6.45, 7) is -0.179. The first-order valence-corrected chi connectivity index (χ1v) is 7.17. The van der Waals surface area contributed by atoms with Crippen LogP contribution in [0.5, 0.6) is 11.5 Å². The molecule has 0 saturated carbocycles. The average Bonchev–Trinajstić information content (AvgIpc) is 2.46. The van der Waals surface area contributed by atoms with Gasteiger partial charge in [-0.3, -0.25) is 4.79 Å². The summed E-state index contributed by atoms with van der Waals surface area (Å²) in [6.07, 6.45) is 1.59. The first-order valence-electron chi connectivity index (χ1n) is 7.17. The van der Waals surface area contributed by atoms with Gasteiger partial charge in [-0.15, -0.1) is 0 Å². The van der Waals surface area contributed by atoms with Gasteiger partial charge in [0.15, 0.2) is 11.5 Å². The molecular formula is C15H20F2N2O3. The predicted octanol–water partition coefficient (Wildman–Crippen LogP) is 2.17. The predicted molar refractivity (Wildman–Crippen MR) is 77.6 cm³/mol. The van der Waals surface area contributed by atoms with Gasteiger partial charge in [0.05, 0.1) is 12.7 Å². The molecule has 1 fully saturated rings. The molecule has 2 rings (SSSR count). The number of hydrogen-bond donors (Lipinski definition) is 2. The van der Waals surface area contributed by atoms with E-state index in [-0.39, 0.29) is 23.1 Å². The Morgan fingerprint density at radius 2 is 2.23 bits per heavy atom. The van der Waals surface area contributed by atoms with Gasteiger partial charge in [0.1, 0.15) is 0 Å². The third kappa shape index (κ3) is 4.07. The van der Waals surface area contributed by atoms with Crippen LogP contribution in [0.4, 0.5) is 8.78 Å². The number of methoxy groups -OCH3 is 1. The molecule has 1 aliphatic heterocycles. The lowest BCUT2D eigenvalue weighted by Gasteiger charge is -2.28. The molecule has 1 amide bonds. The second-order valence-electron chi connectivity index (χ2n) is 5.27. The van der Waals surface area contributed by atoms with Crippen LogP contribution in [0.15, 0.2) is 18.2 Å². The van der Waals surface area contributed by atoms with Crippen molar-refractivity contribution in [3.63, 3.8) is 0 Å². The minimum atomic E-state index is -3.03. The smallest absolute Gasteiger partial charge is 0.387 e. The second kappa shape index (κ2) is 7.40. The van der Waals surface area contributed by atoms with Gasteiger partial charge in [-0.05, 0) is 38.4 Å². The van der Waals surface area contributed by atoms with Crippen LogP contribution < -0.4 is 20.1 Å². The summed E-state index contributed by atoms with van der Waals surface area (Å²) < 4.78 is 34.6. The maximum atomic E-state index is 12.6. The summed E-state index contributed by atoms with van der Waals surface area (Å²) in [5, 5.41) is 6.16. The highest BCUT2D eigenvalue weighted by molar-refractivity contribution is 5.98. The van der Waals surface area contributed by atoms with Crippen molar-refractivity contribution in [3.8, 4) is 11.5 Å². The number of carbonyl (C=O) groups excluding carboxylic acids is 1. The molecule has 0 aromatic heterocycles. The van der Waals surface area contributed by atoms with Crippen molar-refractivity contribution < 1.29 is 23.0 Å². The standard InChI is InChI=1S/C15H20F2N2O3/c1-9-8-10(6-7-18-9)19-14(20)11-4-3-5-12(21-2)13(11)22-15(16)17/h3-5,9-10,15,18H,6-8H2,1-2H3,(H,19,20). The fourth-order valence-electron chi connectivity index (χ4n) is 2.59. The van der Waals surface area contributed by atoms with E-state index < -0.39 is 12.5 Å². The summed E-state index contributed by atoms with van der Waals surface area (Å²) in [6, 6.07) is 4.80. The Labute approximate surface area is 128 Å². The molecule has 1 aliphatic rings. The zero-order valence-electron chi connectivity index (χ0n) is 12.6. The van der Waals surface area contributed by atoms with Gasteiger partial charge in [-0.1, -0.05) is 6.07 Å². The van der Waals surface area contributed by atoms with Crippen molar-refractivity contribution in [1.29, 1.82) is 0 Å². The highest BCUT2D eigenvalue weighted by Gasteiger charge is 2.24. The van der Waals surface area contributed by atoms with Crippen molar-refractivity contribution in [2.45, 2.75) is 38.5 Å². The SMILES string of the molecule is COc1cccc(C(=O)NC2CCNC(C)C2)c1OC(F)F. The van der Waals surface area contributed by atoms with Crippen LogP contribution in [0.2, 0.25) is 0 Å². The van der Waals surface area contributed by atoms with Gasteiger partial charge in [0.25, 0.3) is 5.91 Å². The van der Waals surface area contributed by atoms with Crippen molar-refractivity contribution in [1.82, 2.24) is 10.6 Å². The lowest BCUT2D eigenvalue weighted by atomic mass is 10.00. The quantitative estimate of drug-likeness (QED) is 0.874. The number of amides is 1. The Balaban J connectivity index is 2.17. The van der Waals surface area contributed by atoms with Crippen molar-refractivity contribution in [3.05, 3.63) is 23.8 Å². The third-order valence-electron chi connectivity index (χ3n) is 3.61. The average molecular weight is 314 g/mol. The highest BCUT2D eigenvalue weighted by Crippen LogP contribution is 2.32. The van der Waals surface area contributed by atoms with Crippen LogP contribution in [0.1, 0.15) is 30.1 Å². The van der Waals surface area contributed by atoms with Crippen LogP contribution in [0, 0.1) is 0 Å². The monoisotopic (exact) mass is 314 g/mol. The minimum absolute atomic E-state index is 0.00866. The van der Waals surface area contributed by atoms with Crippen LogP contribution >= 0.6 is 0 Å². The molecule has 2 N–H and O–H groups in total.